The lowest BCUT2D eigenvalue weighted by Gasteiger charge is -2.10. The summed E-state index contributed by atoms with van der Waals surface area (Å²) in [6.45, 7) is 0. The molecule has 0 aliphatic carbocycles. The quantitative estimate of drug-likeness (QED) is 0.373. The Bertz CT molecular complexity index is 382. The Labute approximate surface area is 92.4 Å². The highest BCUT2D eigenvalue weighted by Crippen LogP contribution is 2.19. The number of hydroxylamine groups is 2. The molecule has 0 aromatic heterocycles. The first-order valence-electron chi connectivity index (χ1n) is 3.55. The zero-order valence-corrected chi connectivity index (χ0v) is 9.25. The van der Waals surface area contributed by atoms with Crippen molar-refractivity contribution >= 4 is 28.5 Å². The van der Waals surface area contributed by atoms with Crippen LogP contribution in [0.25, 0.3) is 0 Å². The summed E-state index contributed by atoms with van der Waals surface area (Å²) < 4.78 is 25.7. The molecule has 0 aliphatic rings. The lowest BCUT2D eigenvalue weighted by molar-refractivity contribution is -0.0376. The summed E-state index contributed by atoms with van der Waals surface area (Å²) >= 11 is 1.57. The molecule has 1 aromatic carbocycles. The highest BCUT2D eigenvalue weighted by atomic mass is 127. The van der Waals surface area contributed by atoms with Gasteiger partial charge in [0.2, 0.25) is 0 Å². The van der Waals surface area contributed by atoms with Crippen molar-refractivity contribution in [2.45, 2.75) is 0 Å². The van der Waals surface area contributed by atoms with Gasteiger partial charge in [0.1, 0.15) is 11.6 Å². The van der Waals surface area contributed by atoms with Gasteiger partial charge in [-0.15, -0.1) is 0 Å². The van der Waals surface area contributed by atoms with Crippen molar-refractivity contribution in [1.82, 2.24) is 5.06 Å². The highest BCUT2D eigenvalue weighted by molar-refractivity contribution is 14.1. The van der Waals surface area contributed by atoms with Crippen molar-refractivity contribution in [3.63, 3.8) is 0 Å². The Hall–Kier alpha value is -0.760. The summed E-state index contributed by atoms with van der Waals surface area (Å²) in [5, 5.41) is 9.09. The molecule has 0 bridgehead atoms. The van der Waals surface area contributed by atoms with E-state index in [1.807, 2.05) is 0 Å². The summed E-state index contributed by atoms with van der Waals surface area (Å²) in [5.74, 6) is -2.53. The molecule has 6 heteroatoms. The van der Waals surface area contributed by atoms with Crippen LogP contribution in [-0.4, -0.2) is 23.2 Å². The first kappa shape index (κ1) is 11.3. The van der Waals surface area contributed by atoms with Crippen molar-refractivity contribution in [3.05, 3.63) is 32.9 Å². The maximum absolute atomic E-state index is 13.0. The third-order valence-corrected chi connectivity index (χ3v) is 2.61. The fourth-order valence-electron chi connectivity index (χ4n) is 0.886. The van der Waals surface area contributed by atoms with Crippen LogP contribution in [0.5, 0.6) is 0 Å². The van der Waals surface area contributed by atoms with Gasteiger partial charge < -0.3 is 0 Å². The van der Waals surface area contributed by atoms with E-state index in [9.17, 15) is 13.6 Å². The van der Waals surface area contributed by atoms with Crippen molar-refractivity contribution < 1.29 is 18.8 Å². The third-order valence-electron chi connectivity index (χ3n) is 1.52. The first-order valence-corrected chi connectivity index (χ1v) is 4.63. The van der Waals surface area contributed by atoms with E-state index in [0.29, 0.717) is 6.07 Å². The fourth-order valence-corrected chi connectivity index (χ4v) is 1.43. The molecule has 76 valence electrons. The summed E-state index contributed by atoms with van der Waals surface area (Å²) in [5.41, 5.74) is -0.201. The number of carbonyl (C=O) groups is 1. The van der Waals surface area contributed by atoms with Gasteiger partial charge in [0.25, 0.3) is 5.91 Å². The maximum Gasteiger partial charge on any atom is 0.278 e. The van der Waals surface area contributed by atoms with E-state index in [1.165, 1.54) is 0 Å². The monoisotopic (exact) mass is 313 g/mol. The minimum absolute atomic E-state index is 0.0186. The smallest absolute Gasteiger partial charge is 0.278 e. The van der Waals surface area contributed by atoms with Gasteiger partial charge in [-0.3, -0.25) is 10.0 Å². The van der Waals surface area contributed by atoms with E-state index in [0.717, 1.165) is 13.1 Å². The van der Waals surface area contributed by atoms with Crippen LogP contribution >= 0.6 is 22.6 Å². The minimum atomic E-state index is -0.854. The molecule has 1 aromatic rings. The van der Waals surface area contributed by atoms with E-state index in [4.69, 9.17) is 5.21 Å². The van der Waals surface area contributed by atoms with Gasteiger partial charge >= 0.3 is 0 Å². The van der Waals surface area contributed by atoms with Crippen LogP contribution in [0.3, 0.4) is 0 Å². The molecule has 0 aliphatic heterocycles. The van der Waals surface area contributed by atoms with Crippen LogP contribution in [0, 0.1) is 15.2 Å². The van der Waals surface area contributed by atoms with Crippen LogP contribution in [0.2, 0.25) is 0 Å². The van der Waals surface area contributed by atoms with Gasteiger partial charge in [-0.25, -0.2) is 13.8 Å². The molecule has 0 radical (unpaired) electrons. The van der Waals surface area contributed by atoms with Crippen LogP contribution in [0.1, 0.15) is 10.4 Å². The Morgan fingerprint density at radius 3 is 2.57 bits per heavy atom. The zero-order chi connectivity index (χ0) is 10.9. The molecule has 14 heavy (non-hydrogen) atoms. The van der Waals surface area contributed by atoms with E-state index in [1.54, 1.807) is 22.6 Å². The number of hydrogen-bond donors (Lipinski definition) is 1. The van der Waals surface area contributed by atoms with Gasteiger partial charge in [-0.2, -0.15) is 0 Å². The number of rotatable bonds is 1. The molecule has 3 nitrogen and oxygen atoms in total. The Kier molecular flexibility index (Phi) is 3.38. The highest BCUT2D eigenvalue weighted by Gasteiger charge is 2.17. The lowest BCUT2D eigenvalue weighted by Crippen LogP contribution is -2.23. The number of hydrogen-bond acceptors (Lipinski definition) is 2. The predicted octanol–water partition coefficient (Wildman–Crippen LogP) is 2.03. The fraction of sp³-hybridized carbons (Fsp3) is 0.125. The first-order chi connectivity index (χ1) is 6.43. The predicted molar refractivity (Wildman–Crippen MR) is 53.0 cm³/mol. The molecule has 0 saturated heterocycles. The number of benzene rings is 1. The molecule has 1 rings (SSSR count). The Morgan fingerprint density at radius 1 is 1.50 bits per heavy atom. The largest absolute Gasteiger partial charge is 0.286 e. The summed E-state index contributed by atoms with van der Waals surface area (Å²) in [7, 11) is 1.08. The number of amides is 1. The Balaban J connectivity index is 3.27. The van der Waals surface area contributed by atoms with Crippen LogP contribution in [0.15, 0.2) is 12.1 Å². The third kappa shape index (κ3) is 2.18. The van der Waals surface area contributed by atoms with Crippen LogP contribution in [-0.2, 0) is 0 Å². The van der Waals surface area contributed by atoms with Gasteiger partial charge in [0.05, 0.1) is 9.13 Å². The maximum atomic E-state index is 13.0. The van der Waals surface area contributed by atoms with E-state index in [2.05, 4.69) is 0 Å². The lowest BCUT2D eigenvalue weighted by atomic mass is 10.2. The second-order valence-electron chi connectivity index (χ2n) is 2.58. The average molecular weight is 313 g/mol. The van der Waals surface area contributed by atoms with Gasteiger partial charge in [-0.05, 0) is 28.7 Å². The molecule has 1 N–H and O–H groups in total. The summed E-state index contributed by atoms with van der Waals surface area (Å²) in [4.78, 5) is 11.2. The van der Waals surface area contributed by atoms with Gasteiger partial charge in [0.15, 0.2) is 0 Å². The molecular formula is C8H6F2INO2. The molecular weight excluding hydrogens is 307 g/mol. The van der Waals surface area contributed by atoms with E-state index < -0.39 is 17.5 Å². The van der Waals surface area contributed by atoms with Crippen molar-refractivity contribution in [2.24, 2.45) is 0 Å². The topological polar surface area (TPSA) is 40.5 Å². The second kappa shape index (κ2) is 4.18. The molecule has 0 heterocycles. The number of halogens is 3. The van der Waals surface area contributed by atoms with E-state index in [-0.39, 0.29) is 14.2 Å². The van der Waals surface area contributed by atoms with E-state index >= 15 is 0 Å². The molecule has 0 unspecified atom stereocenters. The van der Waals surface area contributed by atoms with Crippen LogP contribution in [0.4, 0.5) is 8.78 Å². The summed E-state index contributed by atoms with van der Waals surface area (Å²) in [6, 6.07) is 1.55. The average Bonchev–Trinajstić information content (AvgIpc) is 2.09. The molecule has 0 atom stereocenters. The Morgan fingerprint density at radius 2 is 2.07 bits per heavy atom. The normalized spacial score (nSPS) is 10.1. The summed E-state index contributed by atoms with van der Waals surface area (Å²) in [6.07, 6.45) is 0. The molecule has 0 saturated carbocycles. The number of carbonyl (C=O) groups excluding carboxylic acids is 1. The second-order valence-corrected chi connectivity index (χ2v) is 3.66. The SMILES string of the molecule is CN(O)C(=O)c1cc(F)cc(F)c1I. The number of nitrogens with zero attached hydrogens (tertiary/aromatic N) is 1. The zero-order valence-electron chi connectivity index (χ0n) is 7.09. The van der Waals surface area contributed by atoms with Crippen LogP contribution < -0.4 is 0 Å². The van der Waals surface area contributed by atoms with Crippen molar-refractivity contribution in [3.8, 4) is 0 Å². The molecule has 0 spiro atoms. The molecule has 0 fully saturated rings. The minimum Gasteiger partial charge on any atom is -0.286 e. The van der Waals surface area contributed by atoms with Gasteiger partial charge in [0, 0.05) is 13.1 Å². The van der Waals surface area contributed by atoms with Gasteiger partial charge in [-0.1, -0.05) is 0 Å². The molecule has 1 amide bonds. The van der Waals surface area contributed by atoms with Crippen molar-refractivity contribution in [2.75, 3.05) is 7.05 Å². The van der Waals surface area contributed by atoms with Crippen molar-refractivity contribution in [1.29, 1.82) is 0 Å². The standard InChI is InChI=1S/C8H6F2INO2/c1-12(14)8(13)5-2-4(9)3-6(10)7(5)11/h2-3,14H,1H3.